The smallest absolute Gasteiger partial charge is 0.310 e. The lowest BCUT2D eigenvalue weighted by atomic mass is 10.0. The van der Waals surface area contributed by atoms with E-state index >= 15 is 0 Å². The number of hydrogen-bond donors (Lipinski definition) is 0. The van der Waals surface area contributed by atoms with E-state index in [0.29, 0.717) is 29.5 Å². The molecule has 1 atom stereocenters. The number of nitrogens with zero attached hydrogens (tertiary/aromatic N) is 1. The van der Waals surface area contributed by atoms with Crippen LogP contribution in [0.4, 0.5) is 5.69 Å². The summed E-state index contributed by atoms with van der Waals surface area (Å²) >= 11 is 6.50. The molecule has 0 aliphatic carbocycles. The third-order valence-electron chi connectivity index (χ3n) is 5.50. The van der Waals surface area contributed by atoms with Crippen molar-refractivity contribution in [2.45, 2.75) is 32.9 Å². The zero-order chi connectivity index (χ0) is 22.7. The number of amides is 1. The van der Waals surface area contributed by atoms with Gasteiger partial charge in [0.05, 0.1) is 24.6 Å². The molecule has 5 nitrogen and oxygen atoms in total. The van der Waals surface area contributed by atoms with Crippen molar-refractivity contribution in [3.05, 3.63) is 94.0 Å². The Morgan fingerprint density at radius 1 is 1.00 bits per heavy atom. The Hall–Kier alpha value is -3.31. The highest BCUT2D eigenvalue weighted by atomic mass is 35.5. The van der Waals surface area contributed by atoms with E-state index in [1.165, 1.54) is 0 Å². The Morgan fingerprint density at radius 3 is 2.41 bits per heavy atom. The van der Waals surface area contributed by atoms with Crippen molar-refractivity contribution in [1.29, 1.82) is 0 Å². The van der Waals surface area contributed by atoms with Gasteiger partial charge in [0.15, 0.2) is 0 Å². The lowest BCUT2D eigenvalue weighted by Crippen LogP contribution is -2.26. The summed E-state index contributed by atoms with van der Waals surface area (Å²) in [5, 5.41) is 0.536. The minimum Gasteiger partial charge on any atom is -0.488 e. The molecule has 0 spiro atoms. The summed E-state index contributed by atoms with van der Waals surface area (Å²) in [5.41, 5.74) is 3.84. The first kappa shape index (κ1) is 21.9. The van der Waals surface area contributed by atoms with Crippen LogP contribution in [0.2, 0.25) is 5.02 Å². The van der Waals surface area contributed by atoms with Crippen LogP contribution >= 0.6 is 11.6 Å². The first-order chi connectivity index (χ1) is 15.5. The summed E-state index contributed by atoms with van der Waals surface area (Å²) in [5.74, 6) is 0.0907. The van der Waals surface area contributed by atoms with Crippen molar-refractivity contribution < 1.29 is 19.1 Å². The van der Waals surface area contributed by atoms with Gasteiger partial charge in [-0.1, -0.05) is 54.1 Å². The molecule has 0 N–H and O–H groups in total. The number of halogens is 1. The fraction of sp³-hybridized carbons (Fsp3) is 0.231. The van der Waals surface area contributed by atoms with Gasteiger partial charge >= 0.3 is 5.97 Å². The van der Waals surface area contributed by atoms with Crippen LogP contribution in [0.5, 0.6) is 5.75 Å². The zero-order valence-electron chi connectivity index (χ0n) is 18.0. The van der Waals surface area contributed by atoms with Crippen LogP contribution in [-0.2, 0) is 22.6 Å². The summed E-state index contributed by atoms with van der Waals surface area (Å²) in [6.07, 6.45) is 0.196. The molecule has 3 aromatic rings. The molecule has 0 aromatic heterocycles. The van der Waals surface area contributed by atoms with Gasteiger partial charge in [0.2, 0.25) is 0 Å². The average molecular weight is 450 g/mol. The monoisotopic (exact) mass is 449 g/mol. The van der Waals surface area contributed by atoms with Crippen LogP contribution in [0.15, 0.2) is 66.7 Å². The molecular weight excluding hydrogens is 426 g/mol. The molecule has 6 heteroatoms. The maximum atomic E-state index is 13.5. The number of esters is 1. The summed E-state index contributed by atoms with van der Waals surface area (Å²) in [7, 11) is 0. The summed E-state index contributed by atoms with van der Waals surface area (Å²) in [6, 6.07) is 20.4. The number of benzene rings is 3. The van der Waals surface area contributed by atoms with Crippen LogP contribution in [0.3, 0.4) is 0 Å². The van der Waals surface area contributed by atoms with Crippen molar-refractivity contribution in [3.8, 4) is 5.75 Å². The molecule has 4 rings (SSSR count). The fourth-order valence-corrected chi connectivity index (χ4v) is 4.29. The van der Waals surface area contributed by atoms with Crippen molar-refractivity contribution in [1.82, 2.24) is 0 Å². The molecule has 1 unspecified atom stereocenters. The van der Waals surface area contributed by atoms with Gasteiger partial charge in [-0.3, -0.25) is 9.59 Å². The number of ether oxygens (including phenoxy) is 2. The minimum atomic E-state index is -0.273. The Balaban J connectivity index is 1.58. The fourth-order valence-electron chi connectivity index (χ4n) is 3.98. The Morgan fingerprint density at radius 2 is 1.72 bits per heavy atom. The van der Waals surface area contributed by atoms with Gasteiger partial charge in [0, 0.05) is 16.3 Å². The van der Waals surface area contributed by atoms with Crippen molar-refractivity contribution in [2.75, 3.05) is 11.5 Å². The van der Waals surface area contributed by atoms with Gasteiger partial charge in [0.1, 0.15) is 12.4 Å². The molecule has 1 aliphatic rings. The second kappa shape index (κ2) is 9.45. The lowest BCUT2D eigenvalue weighted by Gasteiger charge is -2.22. The highest BCUT2D eigenvalue weighted by molar-refractivity contribution is 6.33. The highest BCUT2D eigenvalue weighted by Gasteiger charge is 2.39. The molecule has 1 heterocycles. The maximum absolute atomic E-state index is 13.5. The largest absolute Gasteiger partial charge is 0.488 e. The molecule has 164 valence electrons. The Kier molecular flexibility index (Phi) is 6.47. The van der Waals surface area contributed by atoms with Gasteiger partial charge in [-0.15, -0.1) is 0 Å². The van der Waals surface area contributed by atoms with E-state index in [2.05, 4.69) is 0 Å². The number of anilines is 1. The molecule has 1 aliphatic heterocycles. The predicted molar refractivity (Wildman–Crippen MR) is 124 cm³/mol. The molecular formula is C26H24ClNO4. The van der Waals surface area contributed by atoms with Gasteiger partial charge in [-0.2, -0.15) is 0 Å². The summed E-state index contributed by atoms with van der Waals surface area (Å²) < 4.78 is 11.0. The van der Waals surface area contributed by atoms with E-state index in [0.717, 1.165) is 22.4 Å². The van der Waals surface area contributed by atoms with Gasteiger partial charge in [0.25, 0.3) is 5.91 Å². The second-order valence-electron chi connectivity index (χ2n) is 7.61. The average Bonchev–Trinajstić information content (AvgIpc) is 3.06. The lowest BCUT2D eigenvalue weighted by molar-refractivity contribution is -0.142. The van der Waals surface area contributed by atoms with Crippen molar-refractivity contribution >= 4 is 29.2 Å². The van der Waals surface area contributed by atoms with E-state index in [1.54, 1.807) is 24.0 Å². The minimum absolute atomic E-state index is 0.156. The van der Waals surface area contributed by atoms with Crippen LogP contribution in [0.25, 0.3) is 0 Å². The molecule has 0 bridgehead atoms. The van der Waals surface area contributed by atoms with E-state index in [9.17, 15) is 9.59 Å². The number of hydrogen-bond acceptors (Lipinski definition) is 4. The number of rotatable bonds is 7. The Bertz CT molecular complexity index is 1130. The molecule has 0 fully saturated rings. The van der Waals surface area contributed by atoms with E-state index in [1.807, 2.05) is 61.5 Å². The first-order valence-corrected chi connectivity index (χ1v) is 10.9. The van der Waals surface area contributed by atoms with Crippen LogP contribution in [0.1, 0.15) is 46.9 Å². The Labute approximate surface area is 192 Å². The molecule has 1 amide bonds. The third kappa shape index (κ3) is 4.34. The number of carbonyl (C=O) groups excluding carboxylic acids is 2. The molecule has 32 heavy (non-hydrogen) atoms. The second-order valence-corrected chi connectivity index (χ2v) is 8.02. The number of carbonyl (C=O) groups is 2. The van der Waals surface area contributed by atoms with Crippen molar-refractivity contribution in [3.63, 3.8) is 0 Å². The molecule has 3 aromatic carbocycles. The van der Waals surface area contributed by atoms with Crippen molar-refractivity contribution in [2.24, 2.45) is 0 Å². The predicted octanol–water partition coefficient (Wildman–Crippen LogP) is 5.75. The zero-order valence-corrected chi connectivity index (χ0v) is 18.8. The topological polar surface area (TPSA) is 55.8 Å². The SMILES string of the molecule is CCOC(=O)Cc1ccc(N2C(=O)c3c(OCc4ccccc4)ccc(Cl)c3C2C)cc1. The standard InChI is InChI=1S/C26H24ClNO4/c1-3-31-23(29)15-18-9-11-20(12-10-18)28-17(2)24-21(27)13-14-22(25(24)26(28)30)32-16-19-7-5-4-6-8-19/h4-14,17H,3,15-16H2,1-2H3. The van der Waals surface area contributed by atoms with Crippen LogP contribution in [-0.4, -0.2) is 18.5 Å². The highest BCUT2D eigenvalue weighted by Crippen LogP contribution is 2.44. The van der Waals surface area contributed by atoms with E-state index in [4.69, 9.17) is 21.1 Å². The van der Waals surface area contributed by atoms with E-state index < -0.39 is 0 Å². The van der Waals surface area contributed by atoms with E-state index in [-0.39, 0.29) is 24.3 Å². The number of fused-ring (bicyclic) bond motifs is 1. The first-order valence-electron chi connectivity index (χ1n) is 10.6. The van der Waals surface area contributed by atoms with Gasteiger partial charge < -0.3 is 14.4 Å². The van der Waals surface area contributed by atoms with Crippen LogP contribution < -0.4 is 9.64 Å². The molecule has 0 saturated carbocycles. The third-order valence-corrected chi connectivity index (χ3v) is 5.83. The molecule has 0 saturated heterocycles. The quantitative estimate of drug-likeness (QED) is 0.431. The molecule has 0 radical (unpaired) electrons. The normalized spacial score (nSPS) is 14.9. The van der Waals surface area contributed by atoms with Gasteiger partial charge in [-0.05, 0) is 49.2 Å². The summed E-state index contributed by atoms with van der Waals surface area (Å²) in [6.45, 7) is 4.44. The van der Waals surface area contributed by atoms with Gasteiger partial charge in [-0.25, -0.2) is 0 Å². The summed E-state index contributed by atoms with van der Waals surface area (Å²) in [4.78, 5) is 26.9. The maximum Gasteiger partial charge on any atom is 0.310 e. The van der Waals surface area contributed by atoms with Crippen LogP contribution in [0, 0.1) is 0 Å².